The Hall–Kier alpha value is -4.27. The highest BCUT2D eigenvalue weighted by atomic mass is 16.2. The number of amides is 3. The zero-order valence-electron chi connectivity index (χ0n) is 19.6. The van der Waals surface area contributed by atoms with E-state index in [-0.39, 0.29) is 0 Å². The van der Waals surface area contributed by atoms with Crippen molar-refractivity contribution >= 4 is 40.7 Å². The molecule has 0 bridgehead atoms. The summed E-state index contributed by atoms with van der Waals surface area (Å²) >= 11 is 0. The largest absolute Gasteiger partial charge is 0.356 e. The number of fused-ring (bicyclic) bond motifs is 1. The first-order chi connectivity index (χ1) is 16.9. The predicted octanol–water partition coefficient (Wildman–Crippen LogP) is 3.75. The quantitative estimate of drug-likeness (QED) is 0.528. The normalized spacial score (nSPS) is 15.8. The van der Waals surface area contributed by atoms with Crippen molar-refractivity contribution in [2.24, 2.45) is 0 Å². The van der Waals surface area contributed by atoms with Gasteiger partial charge >= 0.3 is 0 Å². The number of imide groups is 1. The van der Waals surface area contributed by atoms with Gasteiger partial charge in [0, 0.05) is 30.5 Å². The number of rotatable bonds is 6. The van der Waals surface area contributed by atoms with Crippen molar-refractivity contribution in [3.63, 3.8) is 0 Å². The second kappa shape index (κ2) is 9.17. The Balaban J connectivity index is 1.24. The zero-order chi connectivity index (χ0) is 24.5. The van der Waals surface area contributed by atoms with E-state index < -0.39 is 23.8 Å². The third kappa shape index (κ3) is 4.44. The van der Waals surface area contributed by atoms with Crippen LogP contribution < -0.4 is 15.5 Å². The number of aryl methyl sites for hydroxylation is 1. The number of aromatic nitrogens is 2. The van der Waals surface area contributed by atoms with E-state index in [0.29, 0.717) is 28.5 Å². The first kappa shape index (κ1) is 22.5. The molecule has 3 aromatic rings. The van der Waals surface area contributed by atoms with Gasteiger partial charge in [0.2, 0.25) is 5.91 Å². The minimum absolute atomic E-state index is 0.320. The fourth-order valence-electron chi connectivity index (χ4n) is 4.43. The maximum atomic E-state index is 12.8. The van der Waals surface area contributed by atoms with E-state index in [1.54, 1.807) is 43.3 Å². The summed E-state index contributed by atoms with van der Waals surface area (Å²) in [5, 5.41) is 6.08. The topological polar surface area (TPSA) is 108 Å². The third-order valence-electron chi connectivity index (χ3n) is 6.27. The van der Waals surface area contributed by atoms with Gasteiger partial charge in [0.25, 0.3) is 11.8 Å². The number of hydrogen-bond donors (Lipinski definition) is 2. The first-order valence-electron chi connectivity index (χ1n) is 11.7. The van der Waals surface area contributed by atoms with Crippen molar-refractivity contribution < 1.29 is 14.4 Å². The predicted molar refractivity (Wildman–Crippen MR) is 133 cm³/mol. The molecule has 9 nitrogen and oxygen atoms in total. The van der Waals surface area contributed by atoms with E-state index in [2.05, 4.69) is 25.5 Å². The third-order valence-corrected chi connectivity index (χ3v) is 6.27. The van der Waals surface area contributed by atoms with E-state index in [1.165, 1.54) is 12.8 Å². The van der Waals surface area contributed by atoms with Crippen molar-refractivity contribution in [1.29, 1.82) is 0 Å². The molecule has 35 heavy (non-hydrogen) atoms. The first-order valence-corrected chi connectivity index (χ1v) is 11.7. The molecule has 9 heteroatoms. The highest BCUT2D eigenvalue weighted by Gasteiger charge is 2.40. The van der Waals surface area contributed by atoms with Crippen LogP contribution in [0.4, 0.5) is 23.0 Å². The summed E-state index contributed by atoms with van der Waals surface area (Å²) in [6, 6.07) is 14.7. The molecule has 1 aromatic heterocycles. The number of carbonyl (C=O) groups excluding carboxylic acids is 3. The molecule has 1 atom stereocenters. The lowest BCUT2D eigenvalue weighted by Gasteiger charge is -2.21. The second-order valence-corrected chi connectivity index (χ2v) is 8.75. The highest BCUT2D eigenvalue weighted by Crippen LogP contribution is 2.26. The number of anilines is 4. The number of hydrogen-bond acceptors (Lipinski definition) is 7. The maximum absolute atomic E-state index is 12.8. The van der Waals surface area contributed by atoms with Crippen molar-refractivity contribution in [3.8, 4) is 0 Å². The van der Waals surface area contributed by atoms with Crippen LogP contribution in [-0.2, 0) is 4.79 Å². The van der Waals surface area contributed by atoms with Gasteiger partial charge in [-0.25, -0.2) is 9.97 Å². The van der Waals surface area contributed by atoms with Gasteiger partial charge in [0.05, 0.1) is 11.1 Å². The van der Waals surface area contributed by atoms with Crippen LogP contribution in [0.2, 0.25) is 0 Å². The van der Waals surface area contributed by atoms with Gasteiger partial charge in [0.15, 0.2) is 0 Å². The Morgan fingerprint density at radius 2 is 1.51 bits per heavy atom. The van der Waals surface area contributed by atoms with E-state index >= 15 is 0 Å². The molecule has 3 heterocycles. The fourth-order valence-corrected chi connectivity index (χ4v) is 4.43. The lowest BCUT2D eigenvalue weighted by atomic mass is 10.1. The zero-order valence-corrected chi connectivity index (χ0v) is 19.6. The lowest BCUT2D eigenvalue weighted by Crippen LogP contribution is -2.45. The van der Waals surface area contributed by atoms with Crippen LogP contribution in [0.1, 0.15) is 46.3 Å². The Bertz CT molecular complexity index is 1270. The SMILES string of the molecule is Cc1nc(Nc2ccc(NC(=O)C(C)N3C(=O)c4ccccc4C3=O)cc2)cc(N2CCCC2)n1. The van der Waals surface area contributed by atoms with Crippen LogP contribution in [0, 0.1) is 6.92 Å². The van der Waals surface area contributed by atoms with Crippen LogP contribution >= 0.6 is 0 Å². The smallest absolute Gasteiger partial charge is 0.262 e. The molecule has 2 N–H and O–H groups in total. The molecule has 0 saturated carbocycles. The van der Waals surface area contributed by atoms with Crippen LogP contribution in [-0.4, -0.2) is 51.7 Å². The van der Waals surface area contributed by atoms with Crippen molar-refractivity contribution in [2.45, 2.75) is 32.7 Å². The summed E-state index contributed by atoms with van der Waals surface area (Å²) in [7, 11) is 0. The van der Waals surface area contributed by atoms with Crippen molar-refractivity contribution in [2.75, 3.05) is 28.6 Å². The van der Waals surface area contributed by atoms with Crippen molar-refractivity contribution in [1.82, 2.24) is 14.9 Å². The Morgan fingerprint density at radius 3 is 2.14 bits per heavy atom. The summed E-state index contributed by atoms with van der Waals surface area (Å²) in [6.45, 7) is 5.42. The molecule has 0 spiro atoms. The van der Waals surface area contributed by atoms with E-state index in [1.807, 2.05) is 25.1 Å². The van der Waals surface area contributed by atoms with E-state index in [9.17, 15) is 14.4 Å². The monoisotopic (exact) mass is 470 g/mol. The van der Waals surface area contributed by atoms with Crippen LogP contribution in [0.15, 0.2) is 54.6 Å². The molecule has 2 aliphatic rings. The van der Waals surface area contributed by atoms with Gasteiger partial charge < -0.3 is 15.5 Å². The van der Waals surface area contributed by atoms with Gasteiger partial charge in [-0.3, -0.25) is 19.3 Å². The number of carbonyl (C=O) groups is 3. The van der Waals surface area contributed by atoms with E-state index in [0.717, 1.165) is 29.5 Å². The van der Waals surface area contributed by atoms with E-state index in [4.69, 9.17) is 0 Å². The van der Waals surface area contributed by atoms with Crippen LogP contribution in [0.3, 0.4) is 0 Å². The molecule has 1 fully saturated rings. The Labute approximate surface area is 203 Å². The summed E-state index contributed by atoms with van der Waals surface area (Å²) < 4.78 is 0. The molecule has 1 unspecified atom stereocenters. The minimum atomic E-state index is -0.951. The van der Waals surface area contributed by atoms with Gasteiger partial charge in [-0.2, -0.15) is 0 Å². The summed E-state index contributed by atoms with van der Waals surface area (Å²) in [6.07, 6.45) is 2.34. The number of benzene rings is 2. The van der Waals surface area contributed by atoms with Gasteiger partial charge in [-0.15, -0.1) is 0 Å². The minimum Gasteiger partial charge on any atom is -0.356 e. The summed E-state index contributed by atoms with van der Waals surface area (Å²) in [5.41, 5.74) is 2.00. The molecule has 2 aromatic carbocycles. The summed E-state index contributed by atoms with van der Waals surface area (Å²) in [5.74, 6) is 0.964. The molecule has 178 valence electrons. The molecular weight excluding hydrogens is 444 g/mol. The lowest BCUT2D eigenvalue weighted by molar-refractivity contribution is -0.119. The molecule has 1 saturated heterocycles. The number of nitrogens with zero attached hydrogens (tertiary/aromatic N) is 4. The molecule has 0 radical (unpaired) electrons. The molecular formula is C26H26N6O3. The fraction of sp³-hybridized carbons (Fsp3) is 0.269. The summed E-state index contributed by atoms with van der Waals surface area (Å²) in [4.78, 5) is 50.4. The molecule has 5 rings (SSSR count). The van der Waals surface area contributed by atoms with Gasteiger partial charge in [-0.05, 0) is 63.1 Å². The Morgan fingerprint density at radius 1 is 0.914 bits per heavy atom. The molecule has 3 amide bonds. The van der Waals surface area contributed by atoms with Crippen LogP contribution in [0.5, 0.6) is 0 Å². The van der Waals surface area contributed by atoms with Gasteiger partial charge in [-0.1, -0.05) is 12.1 Å². The Kier molecular flexibility index (Phi) is 5.90. The molecule has 2 aliphatic heterocycles. The number of nitrogens with one attached hydrogen (secondary N) is 2. The molecule has 0 aliphatic carbocycles. The standard InChI is InChI=1S/C26H26N6O3/c1-16(32-25(34)20-7-3-4-8-21(20)26(32)35)24(33)30-19-11-9-18(10-12-19)29-22-15-23(28-17(2)27-22)31-13-5-6-14-31/h3-4,7-12,15-16H,5-6,13-14H2,1-2H3,(H,30,33)(H,27,28,29). The van der Waals surface area contributed by atoms with Gasteiger partial charge in [0.1, 0.15) is 23.5 Å². The second-order valence-electron chi connectivity index (χ2n) is 8.75. The average Bonchev–Trinajstić information content (AvgIpc) is 3.47. The average molecular weight is 471 g/mol. The maximum Gasteiger partial charge on any atom is 0.262 e. The van der Waals surface area contributed by atoms with Crippen molar-refractivity contribution in [3.05, 3.63) is 71.5 Å². The van der Waals surface area contributed by atoms with Crippen LogP contribution in [0.25, 0.3) is 0 Å². The highest BCUT2D eigenvalue weighted by molar-refractivity contribution is 6.23.